The zero-order valence-corrected chi connectivity index (χ0v) is 11.4. The van der Waals surface area contributed by atoms with E-state index in [4.69, 9.17) is 5.11 Å². The number of aromatic hydroxyl groups is 1. The van der Waals surface area contributed by atoms with Crippen molar-refractivity contribution in [2.75, 3.05) is 19.7 Å². The first-order chi connectivity index (χ1) is 9.13. The van der Waals surface area contributed by atoms with E-state index in [0.29, 0.717) is 18.8 Å². The Hall–Kier alpha value is -1.33. The van der Waals surface area contributed by atoms with Crippen molar-refractivity contribution in [3.63, 3.8) is 0 Å². The van der Waals surface area contributed by atoms with Gasteiger partial charge in [-0.3, -0.25) is 9.69 Å². The van der Waals surface area contributed by atoms with Crippen molar-refractivity contribution in [3.05, 3.63) is 27.7 Å². The summed E-state index contributed by atoms with van der Waals surface area (Å²) in [4.78, 5) is 14.0. The predicted octanol–water partition coefficient (Wildman–Crippen LogP) is 0.841. The largest absolute Gasteiger partial charge is 0.503 e. The molecule has 0 amide bonds. The Morgan fingerprint density at radius 3 is 2.58 bits per heavy atom. The Balaban J connectivity index is 2.32. The normalized spacial score (nSPS) is 16.7. The Bertz CT molecular complexity index is 490. The molecule has 0 bridgehead atoms. The number of likely N-dealkylation sites (tertiary alicyclic amines) is 1. The molecule has 1 aromatic rings. The number of aromatic nitrogens is 1. The van der Waals surface area contributed by atoms with Gasteiger partial charge in [-0.1, -0.05) is 6.42 Å². The Morgan fingerprint density at radius 2 is 1.95 bits per heavy atom. The van der Waals surface area contributed by atoms with Crippen LogP contribution in [0.25, 0.3) is 0 Å². The maximum atomic E-state index is 11.7. The minimum atomic E-state index is -0.335. The molecule has 1 aromatic heterocycles. The molecule has 2 heterocycles. The summed E-state index contributed by atoms with van der Waals surface area (Å²) in [7, 11) is 0. The van der Waals surface area contributed by atoms with Crippen molar-refractivity contribution in [3.8, 4) is 5.75 Å². The molecule has 0 spiro atoms. The van der Waals surface area contributed by atoms with Crippen LogP contribution in [0.2, 0.25) is 0 Å². The molecule has 2 N–H and O–H groups in total. The van der Waals surface area contributed by atoms with Crippen molar-refractivity contribution in [1.82, 2.24) is 9.47 Å². The first-order valence-corrected chi connectivity index (χ1v) is 6.89. The van der Waals surface area contributed by atoms with Gasteiger partial charge in [0, 0.05) is 24.8 Å². The van der Waals surface area contributed by atoms with E-state index in [1.807, 2.05) is 11.5 Å². The van der Waals surface area contributed by atoms with Crippen LogP contribution in [-0.4, -0.2) is 39.4 Å². The van der Waals surface area contributed by atoms with Crippen molar-refractivity contribution in [1.29, 1.82) is 0 Å². The lowest BCUT2D eigenvalue weighted by Crippen LogP contribution is -2.32. The van der Waals surface area contributed by atoms with E-state index in [1.165, 1.54) is 12.5 Å². The lowest BCUT2D eigenvalue weighted by atomic mass is 10.1. The van der Waals surface area contributed by atoms with Gasteiger partial charge in [0.05, 0.1) is 12.3 Å². The number of aliphatic hydroxyl groups is 1. The molecule has 0 aliphatic carbocycles. The third-order valence-electron chi connectivity index (χ3n) is 3.74. The van der Waals surface area contributed by atoms with E-state index in [1.54, 1.807) is 0 Å². The highest BCUT2D eigenvalue weighted by molar-refractivity contribution is 5.29. The Kier molecular flexibility index (Phi) is 4.61. The van der Waals surface area contributed by atoms with E-state index in [-0.39, 0.29) is 17.8 Å². The summed E-state index contributed by atoms with van der Waals surface area (Å²) in [5.74, 6) is -0.176. The SMILES string of the molecule is Cc1cc(=O)c(O)c(CN2CCCCC2)n1CCO. The van der Waals surface area contributed by atoms with Crippen LogP contribution < -0.4 is 5.43 Å². The van der Waals surface area contributed by atoms with Crippen LogP contribution in [0, 0.1) is 6.92 Å². The highest BCUT2D eigenvalue weighted by Crippen LogP contribution is 2.19. The fraction of sp³-hybridized carbons (Fsp3) is 0.643. The fourth-order valence-corrected chi connectivity index (χ4v) is 2.72. The van der Waals surface area contributed by atoms with E-state index in [0.717, 1.165) is 31.6 Å². The second kappa shape index (κ2) is 6.21. The Labute approximate surface area is 113 Å². The van der Waals surface area contributed by atoms with Crippen molar-refractivity contribution in [2.45, 2.75) is 39.3 Å². The lowest BCUT2D eigenvalue weighted by Gasteiger charge is -2.28. The van der Waals surface area contributed by atoms with Crippen LogP contribution in [0.1, 0.15) is 30.7 Å². The molecule has 0 saturated carbocycles. The van der Waals surface area contributed by atoms with Crippen molar-refractivity contribution >= 4 is 0 Å². The Morgan fingerprint density at radius 1 is 1.26 bits per heavy atom. The summed E-state index contributed by atoms with van der Waals surface area (Å²) in [5, 5.41) is 19.2. The van der Waals surface area contributed by atoms with E-state index in [9.17, 15) is 9.90 Å². The van der Waals surface area contributed by atoms with Crippen molar-refractivity contribution in [2.24, 2.45) is 0 Å². The van der Waals surface area contributed by atoms with Crippen LogP contribution >= 0.6 is 0 Å². The van der Waals surface area contributed by atoms with Gasteiger partial charge in [0.2, 0.25) is 5.43 Å². The van der Waals surface area contributed by atoms with Gasteiger partial charge in [0.1, 0.15) is 0 Å². The van der Waals surface area contributed by atoms with Crippen LogP contribution in [0.4, 0.5) is 0 Å². The summed E-state index contributed by atoms with van der Waals surface area (Å²) in [6.07, 6.45) is 3.58. The zero-order valence-electron chi connectivity index (χ0n) is 11.4. The molecule has 0 radical (unpaired) electrons. The number of hydrogen-bond acceptors (Lipinski definition) is 4. The second-order valence-corrected chi connectivity index (χ2v) is 5.16. The van der Waals surface area contributed by atoms with Gasteiger partial charge in [-0.15, -0.1) is 0 Å². The maximum Gasteiger partial charge on any atom is 0.223 e. The summed E-state index contributed by atoms with van der Waals surface area (Å²) in [6.45, 7) is 4.80. The van der Waals surface area contributed by atoms with Gasteiger partial charge >= 0.3 is 0 Å². The molecule has 2 rings (SSSR count). The molecule has 0 atom stereocenters. The quantitative estimate of drug-likeness (QED) is 0.847. The summed E-state index contributed by atoms with van der Waals surface area (Å²) in [5.41, 5.74) is 1.07. The molecular weight excluding hydrogens is 244 g/mol. The molecule has 5 nitrogen and oxygen atoms in total. The molecule has 1 aliphatic heterocycles. The molecule has 5 heteroatoms. The fourth-order valence-electron chi connectivity index (χ4n) is 2.72. The highest BCUT2D eigenvalue weighted by Gasteiger charge is 2.17. The van der Waals surface area contributed by atoms with E-state index >= 15 is 0 Å². The first kappa shape index (κ1) is 14.1. The smallest absolute Gasteiger partial charge is 0.223 e. The average Bonchev–Trinajstić information content (AvgIpc) is 2.41. The second-order valence-electron chi connectivity index (χ2n) is 5.16. The molecule has 106 valence electrons. The van der Waals surface area contributed by atoms with Crippen molar-refractivity contribution < 1.29 is 10.2 Å². The van der Waals surface area contributed by atoms with Crippen LogP contribution in [0.15, 0.2) is 10.9 Å². The predicted molar refractivity (Wildman–Crippen MR) is 73.3 cm³/mol. The summed E-state index contributed by atoms with van der Waals surface area (Å²) in [6, 6.07) is 1.42. The third kappa shape index (κ3) is 3.16. The monoisotopic (exact) mass is 266 g/mol. The molecule has 1 aliphatic rings. The van der Waals surface area contributed by atoms with Gasteiger partial charge in [-0.2, -0.15) is 0 Å². The van der Waals surface area contributed by atoms with E-state index in [2.05, 4.69) is 4.90 Å². The van der Waals surface area contributed by atoms with Gasteiger partial charge in [0.15, 0.2) is 5.75 Å². The van der Waals surface area contributed by atoms with Gasteiger partial charge in [-0.25, -0.2) is 0 Å². The van der Waals surface area contributed by atoms with Gasteiger partial charge in [-0.05, 0) is 32.9 Å². The number of piperidine rings is 1. The summed E-state index contributed by atoms with van der Waals surface area (Å²) < 4.78 is 1.84. The van der Waals surface area contributed by atoms with Gasteiger partial charge in [0.25, 0.3) is 0 Å². The van der Waals surface area contributed by atoms with Gasteiger partial charge < -0.3 is 14.8 Å². The maximum absolute atomic E-state index is 11.7. The average molecular weight is 266 g/mol. The zero-order chi connectivity index (χ0) is 13.8. The van der Waals surface area contributed by atoms with Crippen LogP contribution in [0.3, 0.4) is 0 Å². The number of aryl methyl sites for hydroxylation is 1. The van der Waals surface area contributed by atoms with E-state index < -0.39 is 0 Å². The molecule has 0 unspecified atom stereocenters. The molecule has 1 saturated heterocycles. The molecule has 1 fully saturated rings. The highest BCUT2D eigenvalue weighted by atomic mass is 16.3. The standard InChI is InChI=1S/C14H22N2O3/c1-11-9-13(18)14(19)12(16(11)7-8-17)10-15-5-3-2-4-6-15/h9,17,19H,2-8,10H2,1H3. The third-order valence-corrected chi connectivity index (χ3v) is 3.74. The lowest BCUT2D eigenvalue weighted by molar-refractivity contribution is 0.207. The first-order valence-electron chi connectivity index (χ1n) is 6.89. The number of nitrogens with zero attached hydrogens (tertiary/aromatic N) is 2. The minimum Gasteiger partial charge on any atom is -0.503 e. The number of pyridine rings is 1. The topological polar surface area (TPSA) is 65.7 Å². The minimum absolute atomic E-state index is 0.00382. The molecule has 19 heavy (non-hydrogen) atoms. The number of aliphatic hydroxyl groups excluding tert-OH is 1. The molecule has 0 aromatic carbocycles. The summed E-state index contributed by atoms with van der Waals surface area (Å²) >= 11 is 0. The number of hydrogen-bond donors (Lipinski definition) is 2. The molecular formula is C14H22N2O3. The number of rotatable bonds is 4. The van der Waals surface area contributed by atoms with Crippen LogP contribution in [0.5, 0.6) is 5.75 Å². The van der Waals surface area contributed by atoms with Crippen LogP contribution in [-0.2, 0) is 13.1 Å².